The van der Waals surface area contributed by atoms with E-state index in [1.807, 2.05) is 12.1 Å². The number of benzene rings is 2. The molecule has 1 aromatic heterocycles. The Morgan fingerprint density at radius 2 is 2.20 bits per heavy atom. The molecule has 0 bridgehead atoms. The molecule has 0 spiro atoms. The van der Waals surface area contributed by atoms with Crippen LogP contribution in [0.2, 0.25) is 5.02 Å². The number of hydrogen-bond donors (Lipinski definition) is 1. The van der Waals surface area contributed by atoms with Gasteiger partial charge in [0.15, 0.2) is 5.78 Å². The van der Waals surface area contributed by atoms with Gasteiger partial charge in [-0.25, -0.2) is 0 Å². The third-order valence-corrected chi connectivity index (χ3v) is 5.64. The van der Waals surface area contributed by atoms with Gasteiger partial charge in [-0.15, -0.1) is 0 Å². The van der Waals surface area contributed by atoms with Crippen LogP contribution in [0.15, 0.2) is 36.5 Å². The lowest BCUT2D eigenvalue weighted by molar-refractivity contribution is 0.0992. The van der Waals surface area contributed by atoms with Crippen molar-refractivity contribution in [3.63, 3.8) is 0 Å². The molecule has 1 atom stereocenters. The second kappa shape index (κ2) is 6.39. The molecule has 1 N–H and O–H groups in total. The Labute approximate surface area is 158 Å². The summed E-state index contributed by atoms with van der Waals surface area (Å²) < 4.78 is 11.0. The fourth-order valence-electron chi connectivity index (χ4n) is 3.26. The summed E-state index contributed by atoms with van der Waals surface area (Å²) in [6.45, 7) is 0.680. The highest BCUT2D eigenvalue weighted by molar-refractivity contribution is 9.09. The van der Waals surface area contributed by atoms with Crippen LogP contribution in [-0.4, -0.2) is 24.5 Å². The zero-order valence-corrected chi connectivity index (χ0v) is 15.8. The van der Waals surface area contributed by atoms with Crippen LogP contribution in [0.1, 0.15) is 26.3 Å². The fraction of sp³-hybridized carbons (Fsp3) is 0.211. The van der Waals surface area contributed by atoms with Crippen molar-refractivity contribution in [3.05, 3.63) is 58.2 Å². The molecule has 3 aromatic rings. The van der Waals surface area contributed by atoms with E-state index < -0.39 is 4.83 Å². The third kappa shape index (κ3) is 2.71. The number of aromatic nitrogens is 1. The number of ether oxygens (including phenoxy) is 2. The lowest BCUT2D eigenvalue weighted by Gasteiger charge is -2.13. The summed E-state index contributed by atoms with van der Waals surface area (Å²) in [6, 6.07) is 9.13. The summed E-state index contributed by atoms with van der Waals surface area (Å²) in [6.07, 6.45) is 2.62. The van der Waals surface area contributed by atoms with Crippen molar-refractivity contribution in [1.29, 1.82) is 0 Å². The van der Waals surface area contributed by atoms with E-state index in [1.54, 1.807) is 31.5 Å². The number of aromatic amines is 1. The van der Waals surface area contributed by atoms with Crippen LogP contribution in [-0.2, 0) is 6.42 Å². The van der Waals surface area contributed by atoms with Gasteiger partial charge in [-0.05, 0) is 24.3 Å². The molecule has 4 rings (SSSR count). The molecule has 128 valence electrons. The number of methoxy groups -OCH3 is 1. The number of halogens is 2. The summed E-state index contributed by atoms with van der Waals surface area (Å²) >= 11 is 9.54. The molecular weight excluding hydrogens is 406 g/mol. The average molecular weight is 421 g/mol. The molecule has 0 amide bonds. The molecule has 0 saturated carbocycles. The van der Waals surface area contributed by atoms with Crippen LogP contribution >= 0.6 is 27.5 Å². The summed E-state index contributed by atoms with van der Waals surface area (Å²) in [4.78, 5) is 15.8. The van der Waals surface area contributed by atoms with E-state index in [2.05, 4.69) is 20.9 Å². The first-order valence-corrected chi connectivity index (χ1v) is 9.17. The van der Waals surface area contributed by atoms with Crippen molar-refractivity contribution in [2.45, 2.75) is 11.2 Å². The van der Waals surface area contributed by atoms with Crippen molar-refractivity contribution < 1.29 is 14.3 Å². The molecule has 4 nitrogen and oxygen atoms in total. The second-order valence-corrected chi connectivity index (χ2v) is 7.23. The van der Waals surface area contributed by atoms with Crippen molar-refractivity contribution in [2.75, 3.05) is 13.7 Å². The molecule has 0 aliphatic carbocycles. The third-order valence-electron chi connectivity index (χ3n) is 4.49. The maximum Gasteiger partial charge on any atom is 0.183 e. The molecule has 1 unspecified atom stereocenters. The minimum Gasteiger partial charge on any atom is -0.496 e. The number of carbonyl (C=O) groups excluding carboxylic acids is 1. The normalized spacial score (nSPS) is 14.2. The maximum atomic E-state index is 13.1. The number of alkyl halides is 1. The van der Waals surface area contributed by atoms with Crippen molar-refractivity contribution in [1.82, 2.24) is 4.98 Å². The van der Waals surface area contributed by atoms with Gasteiger partial charge in [-0.2, -0.15) is 0 Å². The van der Waals surface area contributed by atoms with E-state index in [9.17, 15) is 4.79 Å². The first-order valence-electron chi connectivity index (χ1n) is 7.87. The number of fused-ring (bicyclic) bond motifs is 3. The molecule has 0 radical (unpaired) electrons. The molecule has 2 aromatic carbocycles. The molecule has 25 heavy (non-hydrogen) atoms. The summed E-state index contributed by atoms with van der Waals surface area (Å²) in [5.41, 5.74) is 3.49. The van der Waals surface area contributed by atoms with Crippen LogP contribution in [0.4, 0.5) is 0 Å². The summed E-state index contributed by atoms with van der Waals surface area (Å²) in [5.74, 6) is 1.44. The van der Waals surface area contributed by atoms with Gasteiger partial charge in [0, 0.05) is 39.7 Å². The van der Waals surface area contributed by atoms with E-state index in [0.29, 0.717) is 22.9 Å². The highest BCUT2D eigenvalue weighted by atomic mass is 79.9. The number of ketones is 1. The molecule has 0 fully saturated rings. The lowest BCUT2D eigenvalue weighted by Crippen LogP contribution is -2.08. The Morgan fingerprint density at radius 3 is 3.00 bits per heavy atom. The number of nitrogens with one attached hydrogen (secondary N) is 1. The van der Waals surface area contributed by atoms with Crippen LogP contribution in [0.5, 0.6) is 11.5 Å². The van der Waals surface area contributed by atoms with E-state index in [4.69, 9.17) is 21.1 Å². The minimum absolute atomic E-state index is 0.0364. The highest BCUT2D eigenvalue weighted by Gasteiger charge is 2.26. The first-order chi connectivity index (χ1) is 12.1. The van der Waals surface area contributed by atoms with Gasteiger partial charge in [-0.3, -0.25) is 4.79 Å². The zero-order valence-electron chi connectivity index (χ0n) is 13.4. The maximum absolute atomic E-state index is 13.1. The topological polar surface area (TPSA) is 51.3 Å². The predicted molar refractivity (Wildman–Crippen MR) is 102 cm³/mol. The predicted octanol–water partition coefficient (Wildman–Crippen LogP) is 5.08. The van der Waals surface area contributed by atoms with Gasteiger partial charge >= 0.3 is 0 Å². The number of Topliss-reactive ketones (excluding diaryl/α,β-unsaturated/α-hetero) is 1. The standard InChI is InChI=1S/C19H15BrClNO3/c1-24-16-8-10(21)2-3-12(16)17(20)19(23)14-9-22-18-11(14)4-5-15-13(18)6-7-25-15/h2-5,8-9,17,22H,6-7H2,1H3. The Bertz CT molecular complexity index is 982. The van der Waals surface area contributed by atoms with Crippen molar-refractivity contribution in [3.8, 4) is 11.5 Å². The lowest BCUT2D eigenvalue weighted by atomic mass is 10.00. The molecule has 1 aliphatic heterocycles. The summed E-state index contributed by atoms with van der Waals surface area (Å²) in [5, 5.41) is 1.47. The van der Waals surface area contributed by atoms with Crippen LogP contribution < -0.4 is 9.47 Å². The van der Waals surface area contributed by atoms with Crippen molar-refractivity contribution in [2.24, 2.45) is 0 Å². The van der Waals surface area contributed by atoms with Gasteiger partial charge in [-0.1, -0.05) is 33.6 Å². The Hall–Kier alpha value is -1.98. The van der Waals surface area contributed by atoms with Gasteiger partial charge < -0.3 is 14.5 Å². The fourth-order valence-corrected chi connectivity index (χ4v) is 4.05. The number of hydrogen-bond acceptors (Lipinski definition) is 3. The highest BCUT2D eigenvalue weighted by Crippen LogP contribution is 2.38. The second-order valence-electron chi connectivity index (χ2n) is 5.88. The number of H-pyrrole nitrogens is 1. The first kappa shape index (κ1) is 16.5. The monoisotopic (exact) mass is 419 g/mol. The Morgan fingerprint density at radius 1 is 1.36 bits per heavy atom. The minimum atomic E-state index is -0.525. The smallest absolute Gasteiger partial charge is 0.183 e. The largest absolute Gasteiger partial charge is 0.496 e. The van der Waals surface area contributed by atoms with Crippen molar-refractivity contribution >= 4 is 44.2 Å². The SMILES string of the molecule is COc1cc(Cl)ccc1C(Br)C(=O)c1c[nH]c2c3c(ccc12)OCC3. The van der Waals surface area contributed by atoms with E-state index in [0.717, 1.165) is 34.2 Å². The Kier molecular flexibility index (Phi) is 4.21. The van der Waals surface area contributed by atoms with Crippen LogP contribution in [0, 0.1) is 0 Å². The van der Waals surface area contributed by atoms with Gasteiger partial charge in [0.25, 0.3) is 0 Å². The Balaban J connectivity index is 1.75. The van der Waals surface area contributed by atoms with E-state index in [1.165, 1.54) is 0 Å². The quantitative estimate of drug-likeness (QED) is 0.473. The van der Waals surface area contributed by atoms with E-state index in [-0.39, 0.29) is 5.78 Å². The molecule has 1 aliphatic rings. The molecular formula is C19H15BrClNO3. The van der Waals surface area contributed by atoms with Gasteiger partial charge in [0.2, 0.25) is 0 Å². The molecule has 2 heterocycles. The average Bonchev–Trinajstić information content (AvgIpc) is 3.26. The molecule has 0 saturated heterocycles. The number of carbonyl (C=O) groups is 1. The van der Waals surface area contributed by atoms with Gasteiger partial charge in [0.1, 0.15) is 16.3 Å². The van der Waals surface area contributed by atoms with E-state index >= 15 is 0 Å². The summed E-state index contributed by atoms with van der Waals surface area (Å²) in [7, 11) is 1.56. The zero-order chi connectivity index (χ0) is 17.6. The molecule has 6 heteroatoms. The van der Waals surface area contributed by atoms with Crippen LogP contribution in [0.3, 0.4) is 0 Å². The van der Waals surface area contributed by atoms with Crippen LogP contribution in [0.25, 0.3) is 10.9 Å². The number of rotatable bonds is 4. The van der Waals surface area contributed by atoms with Gasteiger partial charge in [0.05, 0.1) is 19.2 Å².